The van der Waals surface area contributed by atoms with Gasteiger partial charge in [0.15, 0.2) is 12.1 Å². The molecule has 26 heavy (non-hydrogen) atoms. The Bertz CT molecular complexity index is 742. The Balaban J connectivity index is 1.76. The van der Waals surface area contributed by atoms with Gasteiger partial charge in [-0.2, -0.15) is 0 Å². The highest BCUT2D eigenvalue weighted by Gasteiger charge is 2.21. The molecule has 0 aliphatic rings. The SMILES string of the molecule is O=Cc1cc(C(O)C(O)CCNC(=O)OCc2ccccc2)ncc1F. The first kappa shape index (κ1) is 19.5. The third-order valence-corrected chi connectivity index (χ3v) is 3.62. The maximum Gasteiger partial charge on any atom is 0.407 e. The molecule has 0 saturated heterocycles. The fourth-order valence-electron chi connectivity index (χ4n) is 2.17. The zero-order valence-electron chi connectivity index (χ0n) is 13.8. The number of alkyl carbamates (subject to hydrolysis) is 1. The number of hydrogen-bond donors (Lipinski definition) is 3. The standard InChI is InChI=1S/C18H19FN2O5/c19-14-9-21-15(8-13(14)10-22)17(24)16(23)6-7-20-18(25)26-11-12-4-2-1-3-5-12/h1-5,8-10,16-17,23-24H,6-7,11H2,(H,20,25). The summed E-state index contributed by atoms with van der Waals surface area (Å²) in [7, 11) is 0. The molecule has 1 amide bonds. The van der Waals surface area contributed by atoms with Crippen molar-refractivity contribution < 1.29 is 28.9 Å². The first-order valence-electron chi connectivity index (χ1n) is 7.92. The number of hydrogen-bond acceptors (Lipinski definition) is 6. The largest absolute Gasteiger partial charge is 0.445 e. The fraction of sp³-hybridized carbons (Fsp3) is 0.278. The van der Waals surface area contributed by atoms with Crippen LogP contribution in [0.25, 0.3) is 0 Å². The molecule has 1 aromatic carbocycles. The van der Waals surface area contributed by atoms with E-state index in [4.69, 9.17) is 4.74 Å². The van der Waals surface area contributed by atoms with Crippen LogP contribution in [0.3, 0.4) is 0 Å². The van der Waals surface area contributed by atoms with Crippen molar-refractivity contribution in [2.45, 2.75) is 25.2 Å². The maximum atomic E-state index is 13.2. The monoisotopic (exact) mass is 362 g/mol. The van der Waals surface area contributed by atoms with E-state index in [1.165, 1.54) is 0 Å². The van der Waals surface area contributed by atoms with Gasteiger partial charge in [-0.3, -0.25) is 9.78 Å². The summed E-state index contributed by atoms with van der Waals surface area (Å²) >= 11 is 0. The normalized spacial score (nSPS) is 12.9. The van der Waals surface area contributed by atoms with Crippen molar-refractivity contribution in [3.8, 4) is 0 Å². The van der Waals surface area contributed by atoms with Gasteiger partial charge < -0.3 is 20.3 Å². The van der Waals surface area contributed by atoms with Crippen molar-refractivity contribution in [3.05, 3.63) is 65.2 Å². The van der Waals surface area contributed by atoms with Gasteiger partial charge in [0.05, 0.1) is 23.6 Å². The van der Waals surface area contributed by atoms with Crippen molar-refractivity contribution in [1.82, 2.24) is 10.3 Å². The van der Waals surface area contributed by atoms with E-state index < -0.39 is 24.1 Å². The first-order valence-corrected chi connectivity index (χ1v) is 7.92. The van der Waals surface area contributed by atoms with Crippen molar-refractivity contribution in [2.24, 2.45) is 0 Å². The number of aliphatic hydroxyl groups excluding tert-OH is 2. The molecule has 2 aromatic rings. The van der Waals surface area contributed by atoms with Crippen LogP contribution >= 0.6 is 0 Å². The van der Waals surface area contributed by atoms with Gasteiger partial charge in [0.2, 0.25) is 0 Å². The average Bonchev–Trinajstić information content (AvgIpc) is 2.67. The maximum absolute atomic E-state index is 13.2. The van der Waals surface area contributed by atoms with Gasteiger partial charge in [0, 0.05) is 6.54 Å². The van der Waals surface area contributed by atoms with Crippen LogP contribution in [-0.2, 0) is 11.3 Å². The van der Waals surface area contributed by atoms with Crippen LogP contribution in [0, 0.1) is 5.82 Å². The lowest BCUT2D eigenvalue weighted by molar-refractivity contribution is 0.0110. The van der Waals surface area contributed by atoms with Crippen molar-refractivity contribution in [2.75, 3.05) is 6.54 Å². The van der Waals surface area contributed by atoms with Gasteiger partial charge in [0.25, 0.3) is 0 Å². The Labute approximate surface area is 149 Å². The summed E-state index contributed by atoms with van der Waals surface area (Å²) < 4.78 is 18.2. The molecule has 2 atom stereocenters. The molecule has 0 aliphatic heterocycles. The van der Waals surface area contributed by atoms with E-state index in [1.807, 2.05) is 30.3 Å². The summed E-state index contributed by atoms with van der Waals surface area (Å²) in [6.45, 7) is 0.166. The summed E-state index contributed by atoms with van der Waals surface area (Å²) in [5.74, 6) is -0.812. The number of aromatic nitrogens is 1. The number of aliphatic hydroxyl groups is 2. The minimum absolute atomic E-state index is 0.0110. The van der Waals surface area contributed by atoms with Gasteiger partial charge >= 0.3 is 6.09 Å². The van der Waals surface area contributed by atoms with Crippen molar-refractivity contribution in [3.63, 3.8) is 0 Å². The molecule has 8 heteroatoms. The van der Waals surface area contributed by atoms with Crippen molar-refractivity contribution in [1.29, 1.82) is 0 Å². The van der Waals surface area contributed by atoms with E-state index in [1.54, 1.807) is 0 Å². The molecule has 138 valence electrons. The second-order valence-electron chi connectivity index (χ2n) is 5.54. The Morgan fingerprint density at radius 3 is 2.73 bits per heavy atom. The number of nitrogens with zero attached hydrogens (tertiary/aromatic N) is 1. The smallest absolute Gasteiger partial charge is 0.407 e. The highest BCUT2D eigenvalue weighted by atomic mass is 19.1. The molecule has 1 heterocycles. The van der Waals surface area contributed by atoms with E-state index >= 15 is 0 Å². The Hall–Kier alpha value is -2.84. The quantitative estimate of drug-likeness (QED) is 0.617. The molecular formula is C18H19FN2O5. The first-order chi connectivity index (χ1) is 12.5. The molecule has 3 N–H and O–H groups in total. The lowest BCUT2D eigenvalue weighted by Crippen LogP contribution is -2.30. The van der Waals surface area contributed by atoms with Crippen LogP contribution in [0.2, 0.25) is 0 Å². The minimum Gasteiger partial charge on any atom is -0.445 e. The summed E-state index contributed by atoms with van der Waals surface area (Å²) in [5, 5.41) is 22.4. The highest BCUT2D eigenvalue weighted by molar-refractivity contribution is 5.75. The van der Waals surface area contributed by atoms with Gasteiger partial charge in [-0.05, 0) is 18.1 Å². The van der Waals surface area contributed by atoms with Crippen LogP contribution in [0.1, 0.15) is 34.1 Å². The van der Waals surface area contributed by atoms with E-state index in [9.17, 15) is 24.2 Å². The topological polar surface area (TPSA) is 109 Å². The lowest BCUT2D eigenvalue weighted by atomic mass is 10.1. The van der Waals surface area contributed by atoms with Crippen LogP contribution in [0.15, 0.2) is 42.6 Å². The van der Waals surface area contributed by atoms with Crippen LogP contribution in [0.4, 0.5) is 9.18 Å². The molecule has 7 nitrogen and oxygen atoms in total. The Morgan fingerprint density at radius 2 is 2.04 bits per heavy atom. The molecule has 2 unspecified atom stereocenters. The number of carbonyl (C=O) groups excluding carboxylic acids is 2. The van der Waals surface area contributed by atoms with Gasteiger partial charge in [-0.15, -0.1) is 0 Å². The van der Waals surface area contributed by atoms with Gasteiger partial charge in [-0.25, -0.2) is 9.18 Å². The zero-order valence-corrected chi connectivity index (χ0v) is 13.8. The molecule has 0 fully saturated rings. The number of halogens is 1. The molecule has 0 bridgehead atoms. The van der Waals surface area contributed by atoms with Crippen LogP contribution in [-0.4, -0.2) is 40.2 Å². The van der Waals surface area contributed by atoms with Gasteiger partial charge in [-0.1, -0.05) is 30.3 Å². The average molecular weight is 362 g/mol. The summed E-state index contributed by atoms with van der Waals surface area (Å²) in [5.41, 5.74) is 0.544. The minimum atomic E-state index is -1.42. The van der Waals surface area contributed by atoms with E-state index in [-0.39, 0.29) is 30.8 Å². The number of aldehydes is 1. The third-order valence-electron chi connectivity index (χ3n) is 3.62. The van der Waals surface area contributed by atoms with E-state index in [2.05, 4.69) is 10.3 Å². The summed E-state index contributed by atoms with van der Waals surface area (Å²) in [6, 6.07) is 10.2. The Kier molecular flexibility index (Phi) is 7.19. The van der Waals surface area contributed by atoms with E-state index in [0.29, 0.717) is 6.29 Å². The number of amides is 1. The summed E-state index contributed by atoms with van der Waals surface area (Å²) in [6.07, 6.45) is -2.23. The predicted octanol–water partition coefficient (Wildman–Crippen LogP) is 1.74. The molecule has 1 aromatic heterocycles. The number of rotatable bonds is 8. The number of benzene rings is 1. The molecule has 2 rings (SSSR count). The second kappa shape index (κ2) is 9.59. The number of carbonyl (C=O) groups is 2. The van der Waals surface area contributed by atoms with Crippen LogP contribution in [0.5, 0.6) is 0 Å². The van der Waals surface area contributed by atoms with Gasteiger partial charge in [0.1, 0.15) is 12.7 Å². The lowest BCUT2D eigenvalue weighted by Gasteiger charge is -2.17. The molecule has 0 radical (unpaired) electrons. The highest BCUT2D eigenvalue weighted by Crippen LogP contribution is 2.18. The molecule has 0 saturated carbocycles. The fourth-order valence-corrected chi connectivity index (χ4v) is 2.17. The second-order valence-corrected chi connectivity index (χ2v) is 5.54. The Morgan fingerprint density at radius 1 is 1.31 bits per heavy atom. The summed E-state index contributed by atoms with van der Waals surface area (Å²) in [4.78, 5) is 26.0. The van der Waals surface area contributed by atoms with Crippen LogP contribution < -0.4 is 5.32 Å². The predicted molar refractivity (Wildman–Crippen MR) is 89.8 cm³/mol. The molecule has 0 spiro atoms. The molecule has 0 aliphatic carbocycles. The zero-order chi connectivity index (χ0) is 18.9. The number of nitrogens with one attached hydrogen (secondary N) is 1. The third kappa shape index (κ3) is 5.61. The number of ether oxygens (including phenoxy) is 1. The number of pyridine rings is 1. The molecular weight excluding hydrogens is 343 g/mol. The van der Waals surface area contributed by atoms with Crippen molar-refractivity contribution >= 4 is 12.4 Å². The van der Waals surface area contributed by atoms with E-state index in [0.717, 1.165) is 17.8 Å².